The van der Waals surface area contributed by atoms with Gasteiger partial charge in [-0.05, 0) is 25.1 Å². The van der Waals surface area contributed by atoms with Crippen LogP contribution in [0.2, 0.25) is 0 Å². The second-order valence-corrected chi connectivity index (χ2v) is 5.26. The lowest BCUT2D eigenvalue weighted by Gasteiger charge is -2.18. The molecule has 5 nitrogen and oxygen atoms in total. The number of hydrogen-bond acceptors (Lipinski definition) is 4. The standard InChI is InChI=1S/C17H17F2NO4/c1-10-3-5-12(24-10)8-16(21)20-15(9-17(22)23-2)13-6-4-11(18)7-14(13)19/h3-7,15H,8-9H2,1-2H3,(H,20,21)/t15-/m1/s1. The van der Waals surface area contributed by atoms with E-state index in [0.29, 0.717) is 17.6 Å². The monoisotopic (exact) mass is 337 g/mol. The van der Waals surface area contributed by atoms with Gasteiger partial charge in [-0.2, -0.15) is 0 Å². The van der Waals surface area contributed by atoms with Crippen molar-refractivity contribution >= 4 is 11.9 Å². The van der Waals surface area contributed by atoms with E-state index in [0.717, 1.165) is 6.07 Å². The molecule has 1 aromatic heterocycles. The first-order valence-corrected chi connectivity index (χ1v) is 7.25. The topological polar surface area (TPSA) is 68.5 Å². The highest BCUT2D eigenvalue weighted by Gasteiger charge is 2.22. The lowest BCUT2D eigenvalue weighted by atomic mass is 10.0. The normalized spacial score (nSPS) is 11.8. The molecule has 1 amide bonds. The van der Waals surface area contributed by atoms with Crippen LogP contribution in [0.15, 0.2) is 34.7 Å². The number of rotatable bonds is 6. The molecule has 0 spiro atoms. The van der Waals surface area contributed by atoms with Crippen LogP contribution >= 0.6 is 0 Å². The minimum atomic E-state index is -0.971. The number of aryl methyl sites for hydroxylation is 1. The second kappa shape index (κ2) is 7.72. The van der Waals surface area contributed by atoms with E-state index < -0.39 is 29.6 Å². The Morgan fingerprint density at radius 1 is 1.25 bits per heavy atom. The maximum Gasteiger partial charge on any atom is 0.307 e. The van der Waals surface area contributed by atoms with Gasteiger partial charge in [-0.3, -0.25) is 9.59 Å². The largest absolute Gasteiger partial charge is 0.469 e. The predicted molar refractivity (Wildman–Crippen MR) is 81.0 cm³/mol. The number of methoxy groups -OCH3 is 1. The van der Waals surface area contributed by atoms with E-state index in [1.54, 1.807) is 19.1 Å². The Labute approximate surface area is 137 Å². The Balaban J connectivity index is 2.16. The van der Waals surface area contributed by atoms with E-state index >= 15 is 0 Å². The van der Waals surface area contributed by atoms with Crippen LogP contribution in [-0.4, -0.2) is 19.0 Å². The zero-order chi connectivity index (χ0) is 17.7. The van der Waals surface area contributed by atoms with Gasteiger partial charge in [0.2, 0.25) is 5.91 Å². The molecule has 0 radical (unpaired) electrons. The highest BCUT2D eigenvalue weighted by Crippen LogP contribution is 2.22. The van der Waals surface area contributed by atoms with Gasteiger partial charge in [-0.1, -0.05) is 6.07 Å². The van der Waals surface area contributed by atoms with Gasteiger partial charge in [0.15, 0.2) is 0 Å². The molecule has 0 fully saturated rings. The summed E-state index contributed by atoms with van der Waals surface area (Å²) < 4.78 is 36.9. The number of benzene rings is 1. The third-order valence-electron chi connectivity index (χ3n) is 3.40. The first-order chi connectivity index (χ1) is 11.4. The van der Waals surface area contributed by atoms with E-state index in [-0.39, 0.29) is 18.4 Å². The Hall–Kier alpha value is -2.70. The van der Waals surface area contributed by atoms with Crippen molar-refractivity contribution in [2.75, 3.05) is 7.11 Å². The minimum Gasteiger partial charge on any atom is -0.469 e. The summed E-state index contributed by atoms with van der Waals surface area (Å²) in [5, 5.41) is 2.55. The first kappa shape index (κ1) is 17.7. The molecule has 0 saturated heterocycles. The lowest BCUT2D eigenvalue weighted by Crippen LogP contribution is -2.32. The van der Waals surface area contributed by atoms with Crippen LogP contribution in [0, 0.1) is 18.6 Å². The Morgan fingerprint density at radius 2 is 2.00 bits per heavy atom. The first-order valence-electron chi connectivity index (χ1n) is 7.25. The van der Waals surface area contributed by atoms with Crippen molar-refractivity contribution in [1.82, 2.24) is 5.32 Å². The van der Waals surface area contributed by atoms with E-state index in [1.807, 2.05) is 0 Å². The zero-order valence-electron chi connectivity index (χ0n) is 13.3. The third kappa shape index (κ3) is 4.65. The zero-order valence-corrected chi connectivity index (χ0v) is 13.3. The van der Waals surface area contributed by atoms with Gasteiger partial charge in [0.25, 0.3) is 0 Å². The van der Waals surface area contributed by atoms with E-state index in [1.165, 1.54) is 13.2 Å². The number of carbonyl (C=O) groups is 2. The molecule has 0 unspecified atom stereocenters. The van der Waals surface area contributed by atoms with Gasteiger partial charge in [-0.25, -0.2) is 8.78 Å². The highest BCUT2D eigenvalue weighted by molar-refractivity contribution is 5.79. The molecule has 0 aliphatic carbocycles. The Bertz CT molecular complexity index is 742. The number of halogens is 2. The summed E-state index contributed by atoms with van der Waals surface area (Å²) in [5.41, 5.74) is 0.00535. The number of nitrogens with one attached hydrogen (secondary N) is 1. The fourth-order valence-electron chi connectivity index (χ4n) is 2.26. The molecule has 0 aliphatic heterocycles. The molecule has 128 valence electrons. The van der Waals surface area contributed by atoms with E-state index in [2.05, 4.69) is 10.1 Å². The van der Waals surface area contributed by atoms with Crippen molar-refractivity contribution in [3.63, 3.8) is 0 Å². The maximum atomic E-state index is 14.0. The van der Waals surface area contributed by atoms with Crippen molar-refractivity contribution in [2.45, 2.75) is 25.8 Å². The average Bonchev–Trinajstić information content (AvgIpc) is 2.91. The summed E-state index contributed by atoms with van der Waals surface area (Å²) in [6.07, 6.45) is -0.337. The number of furan rings is 1. The van der Waals surface area contributed by atoms with Crippen LogP contribution in [-0.2, 0) is 20.7 Å². The van der Waals surface area contributed by atoms with Gasteiger partial charge in [-0.15, -0.1) is 0 Å². The lowest BCUT2D eigenvalue weighted by molar-refractivity contribution is -0.141. The van der Waals surface area contributed by atoms with Gasteiger partial charge >= 0.3 is 5.97 Å². The quantitative estimate of drug-likeness (QED) is 0.823. The van der Waals surface area contributed by atoms with Crippen molar-refractivity contribution in [2.24, 2.45) is 0 Å². The molecule has 0 bridgehead atoms. The van der Waals surface area contributed by atoms with Crippen LogP contribution in [0.1, 0.15) is 29.5 Å². The number of carbonyl (C=O) groups excluding carboxylic acids is 2. The summed E-state index contributed by atoms with van der Waals surface area (Å²) in [6, 6.07) is 5.35. The van der Waals surface area contributed by atoms with Crippen LogP contribution in [0.3, 0.4) is 0 Å². The fraction of sp³-hybridized carbons (Fsp3) is 0.294. The summed E-state index contributed by atoms with van der Waals surface area (Å²) in [6.45, 7) is 1.75. The maximum absolute atomic E-state index is 14.0. The van der Waals surface area contributed by atoms with Crippen LogP contribution in [0.5, 0.6) is 0 Å². The van der Waals surface area contributed by atoms with Crippen LogP contribution < -0.4 is 5.32 Å². The SMILES string of the molecule is COC(=O)C[C@@H](NC(=O)Cc1ccc(C)o1)c1ccc(F)cc1F. The van der Waals surface area contributed by atoms with E-state index in [9.17, 15) is 18.4 Å². The molecule has 2 aromatic rings. The van der Waals surface area contributed by atoms with Crippen molar-refractivity contribution < 1.29 is 27.5 Å². The van der Waals surface area contributed by atoms with Crippen LogP contribution in [0.4, 0.5) is 8.78 Å². The number of hydrogen-bond donors (Lipinski definition) is 1. The van der Waals surface area contributed by atoms with Gasteiger partial charge < -0.3 is 14.5 Å². The van der Waals surface area contributed by atoms with Crippen molar-refractivity contribution in [1.29, 1.82) is 0 Å². The number of esters is 1. The van der Waals surface area contributed by atoms with Crippen molar-refractivity contribution in [3.05, 3.63) is 59.1 Å². The molecule has 0 saturated carbocycles. The van der Waals surface area contributed by atoms with Gasteiger partial charge in [0.05, 0.1) is 26.0 Å². The molecule has 1 aromatic carbocycles. The highest BCUT2D eigenvalue weighted by atomic mass is 19.1. The minimum absolute atomic E-state index is 0.00535. The molecule has 24 heavy (non-hydrogen) atoms. The summed E-state index contributed by atoms with van der Waals surface area (Å²) in [7, 11) is 1.19. The van der Waals surface area contributed by atoms with Crippen LogP contribution in [0.25, 0.3) is 0 Å². The summed E-state index contributed by atoms with van der Waals surface area (Å²) >= 11 is 0. The second-order valence-electron chi connectivity index (χ2n) is 5.26. The molecule has 1 atom stereocenters. The smallest absolute Gasteiger partial charge is 0.307 e. The predicted octanol–water partition coefficient (Wildman–Crippen LogP) is 2.83. The van der Waals surface area contributed by atoms with Gasteiger partial charge in [0.1, 0.15) is 23.2 Å². The molecule has 1 N–H and O–H groups in total. The molecular formula is C17H17F2NO4. The fourth-order valence-corrected chi connectivity index (χ4v) is 2.26. The molecule has 2 rings (SSSR count). The number of amides is 1. The summed E-state index contributed by atoms with van der Waals surface area (Å²) in [5.74, 6) is -1.57. The Kier molecular flexibility index (Phi) is 5.68. The molecule has 0 aliphatic rings. The molecule has 1 heterocycles. The summed E-state index contributed by atoms with van der Waals surface area (Å²) in [4.78, 5) is 23.7. The van der Waals surface area contributed by atoms with Crippen molar-refractivity contribution in [3.8, 4) is 0 Å². The third-order valence-corrected chi connectivity index (χ3v) is 3.40. The number of ether oxygens (including phenoxy) is 1. The molecule has 7 heteroatoms. The molecular weight excluding hydrogens is 320 g/mol. The Morgan fingerprint density at radius 3 is 2.58 bits per heavy atom. The van der Waals surface area contributed by atoms with E-state index in [4.69, 9.17) is 4.42 Å². The van der Waals surface area contributed by atoms with Gasteiger partial charge in [0, 0.05) is 11.6 Å². The average molecular weight is 337 g/mol.